The van der Waals surface area contributed by atoms with E-state index in [1.807, 2.05) is 0 Å². The smallest absolute Gasteiger partial charge is 0.323 e. The largest absolute Gasteiger partial charge is 0.456 e. The number of ether oxygens (including phenoxy) is 1. The summed E-state index contributed by atoms with van der Waals surface area (Å²) in [6.45, 7) is 23.7. The molecule has 0 fully saturated rings. The molecule has 6 aromatic rings. The van der Waals surface area contributed by atoms with Crippen molar-refractivity contribution >= 4 is 34.4 Å². The van der Waals surface area contributed by atoms with Gasteiger partial charge in [0.15, 0.2) is 22.8 Å². The van der Waals surface area contributed by atoms with Crippen molar-refractivity contribution in [1.82, 2.24) is 0 Å². The van der Waals surface area contributed by atoms with E-state index < -0.39 is 5.66 Å². The van der Waals surface area contributed by atoms with E-state index in [4.69, 9.17) is 4.74 Å². The van der Waals surface area contributed by atoms with Crippen LogP contribution in [0.15, 0.2) is 97.1 Å². The van der Waals surface area contributed by atoms with E-state index in [2.05, 4.69) is 185 Å². The predicted molar refractivity (Wildman–Crippen MR) is 215 cm³/mol. The van der Waals surface area contributed by atoms with E-state index in [1.165, 1.54) is 90.3 Å². The van der Waals surface area contributed by atoms with E-state index in [1.54, 1.807) is 0 Å². The molecule has 5 heteroatoms. The summed E-state index contributed by atoms with van der Waals surface area (Å²) in [5.41, 5.74) is 16.6. The van der Waals surface area contributed by atoms with Gasteiger partial charge in [0, 0.05) is 45.2 Å². The minimum Gasteiger partial charge on any atom is -0.456 e. The zero-order valence-corrected chi connectivity index (χ0v) is 32.9. The van der Waals surface area contributed by atoms with Gasteiger partial charge < -0.3 is 4.74 Å². The van der Waals surface area contributed by atoms with Crippen LogP contribution in [0.1, 0.15) is 114 Å². The van der Waals surface area contributed by atoms with Crippen LogP contribution in [-0.4, -0.2) is 0 Å². The van der Waals surface area contributed by atoms with Crippen molar-refractivity contribution in [3.05, 3.63) is 142 Å². The minimum absolute atomic E-state index is 0.0827. The molecular formula is C49H46N4O+2. The molecule has 6 aliphatic heterocycles. The lowest BCUT2D eigenvalue weighted by molar-refractivity contribution is -0.929. The number of benzene rings is 4. The van der Waals surface area contributed by atoms with Gasteiger partial charge in [-0.15, -0.1) is 0 Å². The Bertz CT molecular complexity index is 2600. The minimum atomic E-state index is -0.723. The Morgan fingerprint density at radius 1 is 0.500 bits per heavy atom. The average Bonchev–Trinajstić information content (AvgIpc) is 3.42. The van der Waals surface area contributed by atoms with Crippen LogP contribution in [0, 0.1) is 0 Å². The first-order valence-corrected chi connectivity index (χ1v) is 19.6. The SMILES string of the molecule is CC(C)(C)c1cc2[n+]3c(c1)N1c4ccccc4C(C)(C)c4ccc5c(c41)C31c3c(ccc4c3N(c3ccccc3C4(C)C)c3cc(C(C)(C)C)cc-2[n+]31)O5. The molecule has 0 amide bonds. The van der Waals surface area contributed by atoms with E-state index in [-0.39, 0.29) is 21.7 Å². The zero-order chi connectivity index (χ0) is 37.2. The average molecular weight is 707 g/mol. The molecule has 0 bridgehead atoms. The molecule has 0 atom stereocenters. The molecular weight excluding hydrogens is 661 g/mol. The summed E-state index contributed by atoms with van der Waals surface area (Å²) in [7, 11) is 0. The van der Waals surface area contributed by atoms with Crippen molar-refractivity contribution in [3.63, 3.8) is 0 Å². The first kappa shape index (κ1) is 31.0. The molecule has 12 rings (SSSR count). The molecule has 8 heterocycles. The highest BCUT2D eigenvalue weighted by molar-refractivity contribution is 5.95. The Balaban J connectivity index is 1.37. The second-order valence-electron chi connectivity index (χ2n) is 19.5. The third kappa shape index (κ3) is 3.18. The third-order valence-electron chi connectivity index (χ3n) is 13.8. The number of para-hydroxylation sites is 2. The summed E-state index contributed by atoms with van der Waals surface area (Å²) in [5.74, 6) is 4.27. The van der Waals surface area contributed by atoms with E-state index in [0.717, 1.165) is 11.5 Å². The van der Waals surface area contributed by atoms with Crippen molar-refractivity contribution in [1.29, 1.82) is 0 Å². The summed E-state index contributed by atoms with van der Waals surface area (Å²) in [6, 6.07) is 37.4. The summed E-state index contributed by atoms with van der Waals surface area (Å²) >= 11 is 0. The van der Waals surface area contributed by atoms with Gasteiger partial charge in [0.2, 0.25) is 0 Å². The first-order valence-electron chi connectivity index (χ1n) is 19.6. The molecule has 54 heavy (non-hydrogen) atoms. The van der Waals surface area contributed by atoms with Gasteiger partial charge in [0.25, 0.3) is 11.6 Å². The number of hydrogen-bond acceptors (Lipinski definition) is 3. The topological polar surface area (TPSA) is 23.5 Å². The monoisotopic (exact) mass is 706 g/mol. The number of nitrogens with zero attached hydrogens (tertiary/aromatic N) is 4. The highest BCUT2D eigenvalue weighted by atomic mass is 16.5. The van der Waals surface area contributed by atoms with Gasteiger partial charge >= 0.3 is 5.66 Å². The number of fused-ring (bicyclic) bond motifs is 7. The number of hydrogen-bond donors (Lipinski definition) is 0. The lowest BCUT2D eigenvalue weighted by atomic mass is 9.67. The summed E-state index contributed by atoms with van der Waals surface area (Å²) in [5, 5.41) is 0. The molecule has 1 spiro atoms. The lowest BCUT2D eigenvalue weighted by Crippen LogP contribution is -2.76. The number of aromatic nitrogens is 2. The van der Waals surface area contributed by atoms with Gasteiger partial charge in [-0.2, -0.15) is 18.9 Å². The van der Waals surface area contributed by atoms with E-state index >= 15 is 0 Å². The number of pyridine rings is 2. The molecule has 2 aromatic heterocycles. The van der Waals surface area contributed by atoms with Crippen molar-refractivity contribution in [2.45, 2.75) is 96.6 Å². The van der Waals surface area contributed by atoms with Crippen LogP contribution in [0.25, 0.3) is 11.4 Å². The van der Waals surface area contributed by atoms with E-state index in [0.29, 0.717) is 0 Å². The second kappa shape index (κ2) is 8.92. The molecule has 266 valence electrons. The van der Waals surface area contributed by atoms with Crippen molar-refractivity contribution in [3.8, 4) is 22.9 Å². The maximum atomic E-state index is 7.25. The third-order valence-corrected chi connectivity index (χ3v) is 13.8. The maximum absolute atomic E-state index is 7.25. The van der Waals surface area contributed by atoms with Crippen LogP contribution in [0.3, 0.4) is 0 Å². The number of rotatable bonds is 0. The Morgan fingerprint density at radius 2 is 0.907 bits per heavy atom. The molecule has 0 N–H and O–H groups in total. The van der Waals surface area contributed by atoms with Crippen molar-refractivity contribution in [2.75, 3.05) is 9.80 Å². The van der Waals surface area contributed by atoms with Crippen LogP contribution < -0.4 is 23.7 Å². The van der Waals surface area contributed by atoms with E-state index in [9.17, 15) is 0 Å². The molecule has 0 saturated heterocycles. The fourth-order valence-electron chi connectivity index (χ4n) is 11.1. The molecule has 5 nitrogen and oxygen atoms in total. The molecule has 0 radical (unpaired) electrons. The highest BCUT2D eigenvalue weighted by Crippen LogP contribution is 2.68. The molecule has 0 saturated carbocycles. The fourth-order valence-corrected chi connectivity index (χ4v) is 11.1. The normalized spacial score (nSPS) is 18.3. The Labute approximate surface area is 318 Å². The highest BCUT2D eigenvalue weighted by Gasteiger charge is 2.73. The van der Waals surface area contributed by atoms with Gasteiger partial charge in [-0.1, -0.05) is 118 Å². The quantitative estimate of drug-likeness (QED) is 0.147. The lowest BCUT2D eigenvalue weighted by Gasteiger charge is -2.49. The Kier molecular flexibility index (Phi) is 5.12. The van der Waals surface area contributed by atoms with Gasteiger partial charge in [0.1, 0.15) is 34.0 Å². The zero-order valence-electron chi connectivity index (χ0n) is 32.9. The predicted octanol–water partition coefficient (Wildman–Crippen LogP) is 11.1. The number of anilines is 6. The Morgan fingerprint density at radius 3 is 1.31 bits per heavy atom. The van der Waals surface area contributed by atoms with Crippen molar-refractivity contribution < 1.29 is 13.9 Å². The second-order valence-corrected chi connectivity index (χ2v) is 19.5. The maximum Gasteiger partial charge on any atom is 0.323 e. The van der Waals surface area contributed by atoms with Gasteiger partial charge in [-0.05, 0) is 58.4 Å². The van der Waals surface area contributed by atoms with Crippen molar-refractivity contribution in [2.24, 2.45) is 0 Å². The molecule has 6 aliphatic rings. The van der Waals surface area contributed by atoms with Crippen LogP contribution in [0.5, 0.6) is 11.5 Å². The summed E-state index contributed by atoms with van der Waals surface area (Å²) in [4.78, 5) is 5.18. The Hall–Kier alpha value is -5.42. The summed E-state index contributed by atoms with van der Waals surface area (Å²) < 4.78 is 12.7. The van der Waals surface area contributed by atoms with Gasteiger partial charge in [-0.3, -0.25) is 0 Å². The van der Waals surface area contributed by atoms with Crippen LogP contribution in [0.2, 0.25) is 0 Å². The van der Waals surface area contributed by atoms with Crippen LogP contribution >= 0.6 is 0 Å². The molecule has 0 aliphatic carbocycles. The fraction of sp³-hybridized carbons (Fsp3) is 0.306. The van der Waals surface area contributed by atoms with Gasteiger partial charge in [-0.25, -0.2) is 0 Å². The molecule has 4 aromatic carbocycles. The first-order chi connectivity index (χ1) is 25.6. The molecule has 0 unspecified atom stereocenters. The van der Waals surface area contributed by atoms with Crippen LogP contribution in [-0.2, 0) is 27.3 Å². The van der Waals surface area contributed by atoms with Gasteiger partial charge in [0.05, 0.1) is 0 Å². The summed E-state index contributed by atoms with van der Waals surface area (Å²) in [6.07, 6.45) is 0. The van der Waals surface area contributed by atoms with Crippen LogP contribution in [0.4, 0.5) is 34.4 Å². The standard InChI is InChI=1S/C49H46N4O/c1-45(2,3)27-23-35-36-24-28(46(4,5)6)26-40-51-34-18-14-12-16-30(34)48(9,10)32-20-22-38-42(44(32)51)49(53(36)40)41-37(54-38)21-19-31-43(41)50(39(25-27)52(35)49)33-17-13-11-15-29(33)47(31,7)8/h11-26H,1-10H3/q+2.